The van der Waals surface area contributed by atoms with Crippen LogP contribution < -0.4 is 10.5 Å². The Labute approximate surface area is 86.4 Å². The normalized spacial score (nSPS) is 10.1. The van der Waals surface area contributed by atoms with Gasteiger partial charge in [-0.05, 0) is 41.9 Å². The fourth-order valence-corrected chi connectivity index (χ4v) is 1.38. The van der Waals surface area contributed by atoms with Crippen LogP contribution in [0.1, 0.15) is 12.0 Å². The predicted octanol–water partition coefficient (Wildman–Crippen LogP) is 1.88. The average molecular weight is 245 g/mol. The van der Waals surface area contributed by atoms with Gasteiger partial charge in [0.2, 0.25) is 5.88 Å². The number of nitrogens with two attached hydrogens (primary N) is 1. The Morgan fingerprint density at radius 1 is 1.62 bits per heavy atom. The Morgan fingerprint density at radius 3 is 3.00 bits per heavy atom. The van der Waals surface area contributed by atoms with E-state index in [0.29, 0.717) is 19.0 Å². The van der Waals surface area contributed by atoms with Gasteiger partial charge >= 0.3 is 0 Å². The SMILES string of the molecule is Cc1cc(Br)cnc1OCCCN. The number of halogens is 1. The van der Waals surface area contributed by atoms with E-state index < -0.39 is 0 Å². The van der Waals surface area contributed by atoms with Crippen LogP contribution in [0.15, 0.2) is 16.7 Å². The van der Waals surface area contributed by atoms with Gasteiger partial charge < -0.3 is 10.5 Å². The molecular formula is C9H13BrN2O. The molecule has 1 rings (SSSR count). The van der Waals surface area contributed by atoms with Gasteiger partial charge in [-0.15, -0.1) is 0 Å². The first kappa shape index (κ1) is 10.5. The molecule has 3 nitrogen and oxygen atoms in total. The van der Waals surface area contributed by atoms with Gasteiger partial charge in [0.15, 0.2) is 0 Å². The summed E-state index contributed by atoms with van der Waals surface area (Å²) in [6.07, 6.45) is 2.59. The summed E-state index contributed by atoms with van der Waals surface area (Å²) < 4.78 is 6.39. The maximum Gasteiger partial charge on any atom is 0.216 e. The third kappa shape index (κ3) is 3.32. The molecule has 0 unspecified atom stereocenters. The molecule has 1 aromatic heterocycles. The molecule has 0 fully saturated rings. The van der Waals surface area contributed by atoms with Crippen LogP contribution >= 0.6 is 15.9 Å². The van der Waals surface area contributed by atoms with Gasteiger partial charge in [-0.3, -0.25) is 0 Å². The monoisotopic (exact) mass is 244 g/mol. The molecule has 0 saturated heterocycles. The summed E-state index contributed by atoms with van der Waals surface area (Å²) in [4.78, 5) is 4.14. The maximum atomic E-state index is 5.42. The van der Waals surface area contributed by atoms with Crippen molar-refractivity contribution in [3.05, 3.63) is 22.3 Å². The number of pyridine rings is 1. The second-order valence-corrected chi connectivity index (χ2v) is 3.68. The molecule has 0 amide bonds. The second kappa shape index (κ2) is 5.19. The summed E-state index contributed by atoms with van der Waals surface area (Å²) in [5.41, 5.74) is 6.38. The summed E-state index contributed by atoms with van der Waals surface area (Å²) >= 11 is 3.34. The van der Waals surface area contributed by atoms with Gasteiger partial charge in [-0.1, -0.05) is 0 Å². The van der Waals surface area contributed by atoms with E-state index in [1.54, 1.807) is 6.20 Å². The Balaban J connectivity index is 2.56. The molecule has 0 aliphatic carbocycles. The summed E-state index contributed by atoms with van der Waals surface area (Å²) in [6.45, 7) is 3.25. The molecule has 72 valence electrons. The van der Waals surface area contributed by atoms with Crippen LogP contribution in [0.4, 0.5) is 0 Å². The minimum absolute atomic E-state index is 0.631. The van der Waals surface area contributed by atoms with Crippen LogP contribution in [0, 0.1) is 6.92 Å². The number of aryl methyl sites for hydroxylation is 1. The van der Waals surface area contributed by atoms with E-state index in [4.69, 9.17) is 10.5 Å². The first-order valence-electron chi connectivity index (χ1n) is 4.19. The highest BCUT2D eigenvalue weighted by Gasteiger charge is 2.00. The molecule has 4 heteroatoms. The first-order chi connectivity index (χ1) is 6.24. The molecule has 0 aliphatic rings. The average Bonchev–Trinajstić information content (AvgIpc) is 2.09. The van der Waals surface area contributed by atoms with Crippen LogP contribution in [-0.4, -0.2) is 18.1 Å². The van der Waals surface area contributed by atoms with Crippen LogP contribution in [-0.2, 0) is 0 Å². The minimum Gasteiger partial charge on any atom is -0.477 e. The van der Waals surface area contributed by atoms with Crippen LogP contribution in [0.3, 0.4) is 0 Å². The summed E-state index contributed by atoms with van der Waals surface area (Å²) in [7, 11) is 0. The quantitative estimate of drug-likeness (QED) is 0.824. The molecule has 2 N–H and O–H groups in total. The van der Waals surface area contributed by atoms with Crippen LogP contribution in [0.5, 0.6) is 5.88 Å². The van der Waals surface area contributed by atoms with Crippen LogP contribution in [0.25, 0.3) is 0 Å². The van der Waals surface area contributed by atoms with Crippen LogP contribution in [0.2, 0.25) is 0 Å². The standard InChI is InChI=1S/C9H13BrN2O/c1-7-5-8(10)6-12-9(7)13-4-2-3-11/h5-6H,2-4,11H2,1H3. The van der Waals surface area contributed by atoms with E-state index in [1.165, 1.54) is 0 Å². The molecule has 0 radical (unpaired) electrons. The molecule has 0 spiro atoms. The molecule has 0 aliphatic heterocycles. The lowest BCUT2D eigenvalue weighted by Crippen LogP contribution is -2.07. The second-order valence-electron chi connectivity index (χ2n) is 2.77. The van der Waals surface area contributed by atoms with Crippen molar-refractivity contribution >= 4 is 15.9 Å². The lowest BCUT2D eigenvalue weighted by atomic mass is 10.3. The lowest BCUT2D eigenvalue weighted by Gasteiger charge is -2.06. The van der Waals surface area contributed by atoms with Crippen molar-refractivity contribution in [3.8, 4) is 5.88 Å². The smallest absolute Gasteiger partial charge is 0.216 e. The first-order valence-corrected chi connectivity index (χ1v) is 4.98. The van der Waals surface area contributed by atoms with Gasteiger partial charge in [-0.25, -0.2) is 4.98 Å². The largest absolute Gasteiger partial charge is 0.477 e. The fourth-order valence-electron chi connectivity index (χ4n) is 0.931. The van der Waals surface area contributed by atoms with Gasteiger partial charge in [0.1, 0.15) is 0 Å². The van der Waals surface area contributed by atoms with Crippen molar-refractivity contribution in [1.29, 1.82) is 0 Å². The van der Waals surface area contributed by atoms with Gasteiger partial charge in [-0.2, -0.15) is 0 Å². The van der Waals surface area contributed by atoms with Crippen molar-refractivity contribution in [2.45, 2.75) is 13.3 Å². The molecule has 13 heavy (non-hydrogen) atoms. The maximum absolute atomic E-state index is 5.42. The number of nitrogens with zero attached hydrogens (tertiary/aromatic N) is 1. The van der Waals surface area contributed by atoms with Crippen molar-refractivity contribution in [2.75, 3.05) is 13.2 Å². The van der Waals surface area contributed by atoms with E-state index >= 15 is 0 Å². The highest BCUT2D eigenvalue weighted by molar-refractivity contribution is 9.10. The Morgan fingerprint density at radius 2 is 2.38 bits per heavy atom. The van der Waals surface area contributed by atoms with Gasteiger partial charge in [0.25, 0.3) is 0 Å². The molecule has 0 aromatic carbocycles. The molecule has 0 atom stereocenters. The van der Waals surface area contributed by atoms with E-state index in [1.807, 2.05) is 13.0 Å². The third-order valence-electron chi connectivity index (χ3n) is 1.58. The zero-order valence-corrected chi connectivity index (χ0v) is 9.17. The Hall–Kier alpha value is -0.610. The minimum atomic E-state index is 0.631. The summed E-state index contributed by atoms with van der Waals surface area (Å²) in [5, 5.41) is 0. The highest BCUT2D eigenvalue weighted by Crippen LogP contribution is 2.18. The van der Waals surface area contributed by atoms with E-state index in [-0.39, 0.29) is 0 Å². The Bertz CT molecular complexity index is 278. The van der Waals surface area contributed by atoms with E-state index in [9.17, 15) is 0 Å². The number of hydrogen-bond acceptors (Lipinski definition) is 3. The highest BCUT2D eigenvalue weighted by atomic mass is 79.9. The lowest BCUT2D eigenvalue weighted by molar-refractivity contribution is 0.299. The fraction of sp³-hybridized carbons (Fsp3) is 0.444. The van der Waals surface area contributed by atoms with Crippen molar-refractivity contribution < 1.29 is 4.74 Å². The van der Waals surface area contributed by atoms with Crippen molar-refractivity contribution in [1.82, 2.24) is 4.98 Å². The van der Waals surface area contributed by atoms with Gasteiger partial charge in [0.05, 0.1) is 6.61 Å². The molecule has 1 heterocycles. The zero-order chi connectivity index (χ0) is 9.68. The molecular weight excluding hydrogens is 232 g/mol. The summed E-state index contributed by atoms with van der Waals surface area (Å²) in [5.74, 6) is 0.691. The van der Waals surface area contributed by atoms with Crippen molar-refractivity contribution in [2.24, 2.45) is 5.73 Å². The molecule has 0 saturated carbocycles. The number of aromatic nitrogens is 1. The predicted molar refractivity (Wildman–Crippen MR) is 55.8 cm³/mol. The summed E-state index contributed by atoms with van der Waals surface area (Å²) in [6, 6.07) is 1.98. The van der Waals surface area contributed by atoms with Gasteiger partial charge in [0, 0.05) is 16.2 Å². The number of ether oxygens (including phenoxy) is 1. The number of rotatable bonds is 4. The number of hydrogen-bond donors (Lipinski definition) is 1. The topological polar surface area (TPSA) is 48.1 Å². The third-order valence-corrected chi connectivity index (χ3v) is 2.02. The van der Waals surface area contributed by atoms with E-state index in [0.717, 1.165) is 16.5 Å². The Kier molecular flexibility index (Phi) is 4.18. The zero-order valence-electron chi connectivity index (χ0n) is 7.59. The van der Waals surface area contributed by atoms with E-state index in [2.05, 4.69) is 20.9 Å². The molecule has 0 bridgehead atoms. The molecule has 1 aromatic rings. The van der Waals surface area contributed by atoms with Crippen molar-refractivity contribution in [3.63, 3.8) is 0 Å².